The van der Waals surface area contributed by atoms with Gasteiger partial charge < -0.3 is 9.47 Å². The average molecular weight is 259 g/mol. The van der Waals surface area contributed by atoms with Crippen LogP contribution in [0.4, 0.5) is 0 Å². The van der Waals surface area contributed by atoms with Crippen LogP contribution in [0.3, 0.4) is 0 Å². The Hall–Kier alpha value is -1.84. The Morgan fingerprint density at radius 2 is 2.00 bits per heavy atom. The maximum atomic E-state index is 11.8. The van der Waals surface area contributed by atoms with Gasteiger partial charge >= 0.3 is 0 Å². The van der Waals surface area contributed by atoms with Gasteiger partial charge in [-0.05, 0) is 23.1 Å². The van der Waals surface area contributed by atoms with Crippen molar-refractivity contribution < 1.29 is 4.79 Å². The Morgan fingerprint density at radius 3 is 2.58 bits per heavy atom. The van der Waals surface area contributed by atoms with E-state index in [1.165, 1.54) is 5.56 Å². The summed E-state index contributed by atoms with van der Waals surface area (Å²) in [4.78, 5) is 17.8. The summed E-state index contributed by atoms with van der Waals surface area (Å²) in [7, 11) is 3.53. The Bertz CT molecular complexity index is 605. The van der Waals surface area contributed by atoms with Gasteiger partial charge in [0.15, 0.2) is 0 Å². The molecule has 0 unspecified atom stereocenters. The van der Waals surface area contributed by atoms with E-state index in [0.29, 0.717) is 6.54 Å². The van der Waals surface area contributed by atoms with Gasteiger partial charge in [-0.3, -0.25) is 4.79 Å². The summed E-state index contributed by atoms with van der Waals surface area (Å²) in [6.45, 7) is 6.88. The fourth-order valence-electron chi connectivity index (χ4n) is 2.16. The van der Waals surface area contributed by atoms with Crippen LogP contribution in [0.5, 0.6) is 0 Å². The zero-order valence-electron chi connectivity index (χ0n) is 12.3. The lowest BCUT2D eigenvalue weighted by Crippen LogP contribution is -2.26. The van der Waals surface area contributed by atoms with Crippen molar-refractivity contribution in [3.05, 3.63) is 30.1 Å². The highest BCUT2D eigenvalue weighted by molar-refractivity contribution is 5.83. The third kappa shape index (κ3) is 2.62. The van der Waals surface area contributed by atoms with Crippen LogP contribution in [0.15, 0.2) is 24.5 Å². The van der Waals surface area contributed by atoms with E-state index >= 15 is 0 Å². The number of likely N-dealkylation sites (N-methyl/N-ethyl adjacent to an activating group) is 1. The monoisotopic (exact) mass is 259 g/mol. The van der Waals surface area contributed by atoms with Crippen LogP contribution in [0.1, 0.15) is 26.3 Å². The third-order valence-corrected chi connectivity index (χ3v) is 3.27. The molecule has 0 spiro atoms. The van der Waals surface area contributed by atoms with Crippen LogP contribution >= 0.6 is 0 Å². The Labute approximate surface area is 114 Å². The van der Waals surface area contributed by atoms with Crippen LogP contribution in [0.2, 0.25) is 0 Å². The van der Waals surface area contributed by atoms with Crippen molar-refractivity contribution in [3.8, 4) is 0 Å². The minimum Gasteiger partial charge on any atom is -0.347 e. The second-order valence-electron chi connectivity index (χ2n) is 6.08. The Balaban J connectivity index is 2.48. The van der Waals surface area contributed by atoms with Gasteiger partial charge in [0.1, 0.15) is 12.2 Å². The molecular weight excluding hydrogens is 238 g/mol. The summed E-state index contributed by atoms with van der Waals surface area (Å²) in [5, 5.41) is 1.13. The number of carbonyl (C=O) groups is 1. The van der Waals surface area contributed by atoms with E-state index in [2.05, 4.69) is 31.8 Å². The van der Waals surface area contributed by atoms with Crippen molar-refractivity contribution in [1.29, 1.82) is 0 Å². The van der Waals surface area contributed by atoms with E-state index in [4.69, 9.17) is 0 Å². The van der Waals surface area contributed by atoms with Gasteiger partial charge in [-0.2, -0.15) is 0 Å². The molecule has 0 saturated carbocycles. The van der Waals surface area contributed by atoms with Crippen molar-refractivity contribution >= 4 is 16.9 Å². The minimum absolute atomic E-state index is 0.0684. The van der Waals surface area contributed by atoms with Crippen molar-refractivity contribution in [3.63, 3.8) is 0 Å². The number of aromatic nitrogens is 2. The molecule has 2 heterocycles. The SMILES string of the molecule is CN(C)C(=O)Cn1ccc2c(C(C)(C)C)ccnc21. The van der Waals surface area contributed by atoms with Crippen LogP contribution in [0, 0.1) is 0 Å². The molecule has 0 N–H and O–H groups in total. The first kappa shape index (κ1) is 13.6. The maximum absolute atomic E-state index is 11.8. The average Bonchev–Trinajstić information content (AvgIpc) is 2.71. The van der Waals surface area contributed by atoms with Crippen LogP contribution < -0.4 is 0 Å². The molecule has 2 rings (SSSR count). The Kier molecular flexibility index (Phi) is 3.35. The molecule has 0 aliphatic heterocycles. The van der Waals surface area contributed by atoms with E-state index < -0.39 is 0 Å². The van der Waals surface area contributed by atoms with Gasteiger partial charge in [0.25, 0.3) is 0 Å². The fraction of sp³-hybridized carbons (Fsp3) is 0.467. The van der Waals surface area contributed by atoms with Gasteiger partial charge in [-0.1, -0.05) is 20.8 Å². The van der Waals surface area contributed by atoms with Crippen LogP contribution in [-0.2, 0) is 16.8 Å². The number of pyridine rings is 1. The second kappa shape index (κ2) is 4.68. The second-order valence-corrected chi connectivity index (χ2v) is 6.08. The van der Waals surface area contributed by atoms with Crippen LogP contribution in [0.25, 0.3) is 11.0 Å². The molecule has 0 radical (unpaired) electrons. The predicted octanol–water partition coefficient (Wildman–Crippen LogP) is 2.42. The number of nitrogens with zero attached hydrogens (tertiary/aromatic N) is 3. The van der Waals surface area contributed by atoms with Crippen molar-refractivity contribution in [2.75, 3.05) is 14.1 Å². The Morgan fingerprint density at radius 1 is 1.32 bits per heavy atom. The number of hydrogen-bond donors (Lipinski definition) is 0. The van der Waals surface area contributed by atoms with Gasteiger partial charge in [-0.15, -0.1) is 0 Å². The van der Waals surface area contributed by atoms with Gasteiger partial charge in [0.2, 0.25) is 5.91 Å². The standard InChI is InChI=1S/C15H21N3O/c1-15(2,3)12-6-8-16-14-11(12)7-9-18(14)10-13(19)17(4)5/h6-9H,10H2,1-5H3. The lowest BCUT2D eigenvalue weighted by molar-refractivity contribution is -0.129. The maximum Gasteiger partial charge on any atom is 0.242 e. The van der Waals surface area contributed by atoms with E-state index in [1.54, 1.807) is 19.0 Å². The third-order valence-electron chi connectivity index (χ3n) is 3.27. The summed E-state index contributed by atoms with van der Waals surface area (Å²) in [6, 6.07) is 4.10. The molecule has 4 heteroatoms. The van der Waals surface area contributed by atoms with Crippen molar-refractivity contribution in [1.82, 2.24) is 14.5 Å². The van der Waals surface area contributed by atoms with Crippen LogP contribution in [-0.4, -0.2) is 34.5 Å². The summed E-state index contributed by atoms with van der Waals surface area (Å²) < 4.78 is 1.91. The fourth-order valence-corrected chi connectivity index (χ4v) is 2.16. The minimum atomic E-state index is 0.0684. The smallest absolute Gasteiger partial charge is 0.242 e. The number of rotatable bonds is 2. The van der Waals surface area contributed by atoms with E-state index in [9.17, 15) is 4.79 Å². The molecule has 0 aromatic carbocycles. The zero-order chi connectivity index (χ0) is 14.2. The number of fused-ring (bicyclic) bond motifs is 1. The first-order chi connectivity index (χ1) is 8.80. The molecule has 1 amide bonds. The van der Waals surface area contributed by atoms with Gasteiger partial charge in [0.05, 0.1) is 0 Å². The molecule has 2 aromatic rings. The highest BCUT2D eigenvalue weighted by Crippen LogP contribution is 2.29. The lowest BCUT2D eigenvalue weighted by atomic mass is 9.86. The predicted molar refractivity (Wildman–Crippen MR) is 77.1 cm³/mol. The van der Waals surface area contributed by atoms with E-state index in [-0.39, 0.29) is 11.3 Å². The molecule has 0 fully saturated rings. The number of amides is 1. The number of carbonyl (C=O) groups excluding carboxylic acids is 1. The molecular formula is C15H21N3O. The summed E-state index contributed by atoms with van der Waals surface area (Å²) >= 11 is 0. The molecule has 2 aromatic heterocycles. The molecule has 102 valence electrons. The molecule has 0 saturated heterocycles. The molecule has 4 nitrogen and oxygen atoms in total. The molecule has 0 aliphatic carbocycles. The first-order valence-electron chi connectivity index (χ1n) is 6.45. The zero-order valence-corrected chi connectivity index (χ0v) is 12.3. The number of hydrogen-bond acceptors (Lipinski definition) is 2. The topological polar surface area (TPSA) is 38.1 Å². The summed E-state index contributed by atoms with van der Waals surface area (Å²) in [5.41, 5.74) is 2.20. The quantitative estimate of drug-likeness (QED) is 0.830. The molecule has 0 atom stereocenters. The molecule has 19 heavy (non-hydrogen) atoms. The first-order valence-corrected chi connectivity index (χ1v) is 6.45. The van der Waals surface area contributed by atoms with Gasteiger partial charge in [-0.25, -0.2) is 4.98 Å². The normalized spacial score (nSPS) is 11.8. The molecule has 0 bridgehead atoms. The lowest BCUT2D eigenvalue weighted by Gasteiger charge is -2.20. The summed E-state index contributed by atoms with van der Waals surface area (Å²) in [6.07, 6.45) is 3.76. The van der Waals surface area contributed by atoms with Crippen molar-refractivity contribution in [2.45, 2.75) is 32.7 Å². The molecule has 0 aliphatic rings. The van der Waals surface area contributed by atoms with E-state index in [0.717, 1.165) is 11.0 Å². The highest BCUT2D eigenvalue weighted by atomic mass is 16.2. The van der Waals surface area contributed by atoms with Gasteiger partial charge in [0, 0.05) is 31.9 Å². The van der Waals surface area contributed by atoms with E-state index in [1.807, 2.05) is 23.0 Å². The highest BCUT2D eigenvalue weighted by Gasteiger charge is 2.19. The summed E-state index contributed by atoms with van der Waals surface area (Å²) in [5.74, 6) is 0.0699. The largest absolute Gasteiger partial charge is 0.347 e. The van der Waals surface area contributed by atoms with Crippen molar-refractivity contribution in [2.24, 2.45) is 0 Å².